The monoisotopic (exact) mass is 248 g/mol. The summed E-state index contributed by atoms with van der Waals surface area (Å²) in [5.41, 5.74) is 8.96. The predicted octanol–water partition coefficient (Wildman–Crippen LogP) is 2.38. The van der Waals surface area contributed by atoms with Crippen molar-refractivity contribution in [2.45, 2.75) is 39.2 Å². The fourth-order valence-electron chi connectivity index (χ4n) is 2.13. The first-order valence-corrected chi connectivity index (χ1v) is 6.21. The highest BCUT2D eigenvalue weighted by Crippen LogP contribution is 2.28. The van der Waals surface area contributed by atoms with Crippen molar-refractivity contribution >= 4 is 5.91 Å². The largest absolute Gasteiger partial charge is 0.368 e. The molecule has 0 aliphatic heterocycles. The molecule has 100 valence electrons. The van der Waals surface area contributed by atoms with Crippen LogP contribution in [0.1, 0.15) is 43.5 Å². The summed E-state index contributed by atoms with van der Waals surface area (Å²) >= 11 is 0. The molecule has 0 spiro atoms. The molecule has 0 aliphatic rings. The van der Waals surface area contributed by atoms with Crippen molar-refractivity contribution in [1.82, 2.24) is 4.90 Å². The van der Waals surface area contributed by atoms with Crippen LogP contribution in [0.2, 0.25) is 0 Å². The summed E-state index contributed by atoms with van der Waals surface area (Å²) in [6.07, 6.45) is 0. The zero-order valence-electron chi connectivity index (χ0n) is 12.2. The number of hydrogen-bond acceptors (Lipinski definition) is 2. The van der Waals surface area contributed by atoms with Crippen LogP contribution < -0.4 is 5.73 Å². The first-order chi connectivity index (χ1) is 8.14. The third-order valence-electron chi connectivity index (χ3n) is 3.22. The first-order valence-electron chi connectivity index (χ1n) is 6.21. The zero-order valence-corrected chi connectivity index (χ0v) is 12.2. The standard InChI is InChI=1S/C15H24N2O/c1-10-9-11(15(2,3)4)7-8-12(10)13(14(16)18)17(5)6/h7-9,13H,1-6H3,(H2,16,18). The number of nitrogens with two attached hydrogens (primary N) is 1. The van der Waals surface area contributed by atoms with E-state index < -0.39 is 0 Å². The first kappa shape index (κ1) is 14.7. The fraction of sp³-hybridized carbons (Fsp3) is 0.533. The number of benzene rings is 1. The average Bonchev–Trinajstić information content (AvgIpc) is 2.18. The molecule has 0 saturated heterocycles. The molecular weight excluding hydrogens is 224 g/mol. The summed E-state index contributed by atoms with van der Waals surface area (Å²) in [6, 6.07) is 5.89. The normalized spacial score (nSPS) is 13.7. The van der Waals surface area contributed by atoms with E-state index in [1.165, 1.54) is 5.56 Å². The molecule has 2 N–H and O–H groups in total. The molecule has 1 aromatic rings. The quantitative estimate of drug-likeness (QED) is 0.892. The number of primary amides is 1. The van der Waals surface area contributed by atoms with Gasteiger partial charge in [0.05, 0.1) is 0 Å². The van der Waals surface area contributed by atoms with Gasteiger partial charge >= 0.3 is 0 Å². The molecular formula is C15H24N2O. The van der Waals surface area contributed by atoms with E-state index in [1.807, 2.05) is 32.0 Å². The van der Waals surface area contributed by atoms with E-state index >= 15 is 0 Å². The van der Waals surface area contributed by atoms with Crippen molar-refractivity contribution in [3.05, 3.63) is 34.9 Å². The highest BCUT2D eigenvalue weighted by atomic mass is 16.1. The van der Waals surface area contributed by atoms with Crippen LogP contribution in [0.5, 0.6) is 0 Å². The summed E-state index contributed by atoms with van der Waals surface area (Å²) in [5, 5.41) is 0. The minimum absolute atomic E-state index is 0.115. The van der Waals surface area contributed by atoms with Crippen LogP contribution in [0.4, 0.5) is 0 Å². The van der Waals surface area contributed by atoms with Crippen molar-refractivity contribution in [2.75, 3.05) is 14.1 Å². The van der Waals surface area contributed by atoms with Crippen molar-refractivity contribution in [2.24, 2.45) is 5.73 Å². The summed E-state index contributed by atoms with van der Waals surface area (Å²) in [5.74, 6) is -0.313. The highest BCUT2D eigenvalue weighted by molar-refractivity contribution is 5.81. The van der Waals surface area contributed by atoms with Gasteiger partial charge in [-0.25, -0.2) is 0 Å². The third kappa shape index (κ3) is 3.10. The van der Waals surface area contributed by atoms with Gasteiger partial charge in [0.2, 0.25) is 5.91 Å². The zero-order chi connectivity index (χ0) is 14.1. The Morgan fingerprint density at radius 2 is 1.83 bits per heavy atom. The maximum Gasteiger partial charge on any atom is 0.239 e. The fourth-order valence-corrected chi connectivity index (χ4v) is 2.13. The molecule has 1 rings (SSSR count). The molecule has 0 aromatic heterocycles. The van der Waals surface area contributed by atoms with Gasteiger partial charge in [0, 0.05) is 0 Å². The smallest absolute Gasteiger partial charge is 0.239 e. The maximum atomic E-state index is 11.6. The summed E-state index contributed by atoms with van der Waals surface area (Å²) in [7, 11) is 3.74. The van der Waals surface area contributed by atoms with Crippen LogP contribution in [0.3, 0.4) is 0 Å². The SMILES string of the molecule is Cc1cc(C(C)(C)C)ccc1C(C(N)=O)N(C)C. The lowest BCUT2D eigenvalue weighted by molar-refractivity contribution is -0.122. The molecule has 0 aliphatic carbocycles. The molecule has 0 fully saturated rings. The lowest BCUT2D eigenvalue weighted by Crippen LogP contribution is -2.33. The summed E-state index contributed by atoms with van der Waals surface area (Å²) in [6.45, 7) is 8.57. The van der Waals surface area contributed by atoms with Gasteiger partial charge < -0.3 is 5.73 Å². The molecule has 1 aromatic carbocycles. The molecule has 1 amide bonds. The minimum Gasteiger partial charge on any atom is -0.368 e. The Hall–Kier alpha value is -1.35. The van der Waals surface area contributed by atoms with Crippen LogP contribution in [0.25, 0.3) is 0 Å². The van der Waals surface area contributed by atoms with E-state index in [1.54, 1.807) is 0 Å². The van der Waals surface area contributed by atoms with Crippen LogP contribution in [-0.4, -0.2) is 24.9 Å². The number of hydrogen-bond donors (Lipinski definition) is 1. The van der Waals surface area contributed by atoms with E-state index in [2.05, 4.69) is 32.9 Å². The van der Waals surface area contributed by atoms with Crippen molar-refractivity contribution in [3.63, 3.8) is 0 Å². The van der Waals surface area contributed by atoms with Crippen LogP contribution in [-0.2, 0) is 10.2 Å². The van der Waals surface area contributed by atoms with E-state index in [-0.39, 0.29) is 17.4 Å². The molecule has 0 saturated carbocycles. The molecule has 0 radical (unpaired) electrons. The van der Waals surface area contributed by atoms with E-state index in [0.29, 0.717) is 0 Å². The number of likely N-dealkylation sites (N-methyl/N-ethyl adjacent to an activating group) is 1. The van der Waals surface area contributed by atoms with Gasteiger partial charge in [0.1, 0.15) is 6.04 Å². The minimum atomic E-state index is -0.362. The second kappa shape index (κ2) is 5.11. The number of carbonyl (C=O) groups is 1. The number of carbonyl (C=O) groups excluding carboxylic acids is 1. The Morgan fingerprint density at radius 3 is 2.17 bits per heavy atom. The van der Waals surface area contributed by atoms with E-state index in [0.717, 1.165) is 11.1 Å². The number of nitrogens with zero attached hydrogens (tertiary/aromatic N) is 1. The van der Waals surface area contributed by atoms with Crippen LogP contribution in [0.15, 0.2) is 18.2 Å². The molecule has 3 nitrogen and oxygen atoms in total. The summed E-state index contributed by atoms with van der Waals surface area (Å²) in [4.78, 5) is 13.4. The molecule has 0 bridgehead atoms. The Morgan fingerprint density at radius 1 is 1.28 bits per heavy atom. The van der Waals surface area contributed by atoms with Gasteiger partial charge in [0.25, 0.3) is 0 Å². The molecule has 3 heteroatoms. The van der Waals surface area contributed by atoms with Gasteiger partial charge in [-0.3, -0.25) is 9.69 Å². The van der Waals surface area contributed by atoms with Gasteiger partial charge in [-0.2, -0.15) is 0 Å². The lowest BCUT2D eigenvalue weighted by atomic mass is 9.84. The van der Waals surface area contributed by atoms with Gasteiger partial charge in [-0.15, -0.1) is 0 Å². The lowest BCUT2D eigenvalue weighted by Gasteiger charge is -2.25. The second-order valence-electron chi connectivity index (χ2n) is 6.09. The molecule has 1 atom stereocenters. The Kier molecular flexibility index (Phi) is 4.17. The Labute approximate surface area is 110 Å². The van der Waals surface area contributed by atoms with Crippen molar-refractivity contribution < 1.29 is 4.79 Å². The predicted molar refractivity (Wildman–Crippen MR) is 75.5 cm³/mol. The number of amides is 1. The average molecular weight is 248 g/mol. The van der Waals surface area contributed by atoms with Gasteiger partial charge in [0.15, 0.2) is 0 Å². The second-order valence-corrected chi connectivity index (χ2v) is 6.09. The summed E-state index contributed by atoms with van der Waals surface area (Å²) < 4.78 is 0. The molecule has 0 heterocycles. The topological polar surface area (TPSA) is 46.3 Å². The maximum absolute atomic E-state index is 11.6. The Bertz CT molecular complexity index is 444. The Balaban J connectivity index is 3.24. The van der Waals surface area contributed by atoms with Crippen molar-refractivity contribution in [3.8, 4) is 0 Å². The van der Waals surface area contributed by atoms with E-state index in [9.17, 15) is 4.79 Å². The third-order valence-corrected chi connectivity index (χ3v) is 3.22. The van der Waals surface area contributed by atoms with Crippen molar-refractivity contribution in [1.29, 1.82) is 0 Å². The van der Waals surface area contributed by atoms with Crippen LogP contribution in [0, 0.1) is 6.92 Å². The van der Waals surface area contributed by atoms with Gasteiger partial charge in [-0.1, -0.05) is 39.0 Å². The highest BCUT2D eigenvalue weighted by Gasteiger charge is 2.23. The molecule has 18 heavy (non-hydrogen) atoms. The van der Waals surface area contributed by atoms with Gasteiger partial charge in [-0.05, 0) is 43.1 Å². The van der Waals surface area contributed by atoms with E-state index in [4.69, 9.17) is 5.73 Å². The number of aryl methyl sites for hydroxylation is 1. The molecule has 1 unspecified atom stereocenters. The van der Waals surface area contributed by atoms with Crippen LogP contribution >= 0.6 is 0 Å². The number of rotatable bonds is 3.